The summed E-state index contributed by atoms with van der Waals surface area (Å²) in [6, 6.07) is 3.75. The van der Waals surface area contributed by atoms with Gasteiger partial charge in [0.15, 0.2) is 5.65 Å². The van der Waals surface area contributed by atoms with Crippen molar-refractivity contribution in [3.05, 3.63) is 30.1 Å². The number of thioether (sulfide) groups is 1. The number of aromatic nitrogens is 4. The van der Waals surface area contributed by atoms with Gasteiger partial charge in [0.25, 0.3) is 0 Å². The van der Waals surface area contributed by atoms with Gasteiger partial charge in [-0.15, -0.1) is 0 Å². The number of nitrogens with two attached hydrogens (primary N) is 1. The van der Waals surface area contributed by atoms with Gasteiger partial charge in [0, 0.05) is 12.8 Å². The summed E-state index contributed by atoms with van der Waals surface area (Å²) in [6.45, 7) is 0.0555. The van der Waals surface area contributed by atoms with Crippen LogP contribution in [0.25, 0.3) is 11.2 Å². The summed E-state index contributed by atoms with van der Waals surface area (Å²) in [5.41, 5.74) is 6.49. The fourth-order valence-electron chi connectivity index (χ4n) is 2.37. The van der Waals surface area contributed by atoms with E-state index >= 15 is 0 Å². The first-order chi connectivity index (χ1) is 13.4. The quantitative estimate of drug-likeness (QED) is 0.217. The van der Waals surface area contributed by atoms with E-state index in [9.17, 15) is 14.7 Å². The fraction of sp³-hybridized carbons (Fsp3) is 0.188. The summed E-state index contributed by atoms with van der Waals surface area (Å²) < 4.78 is 5.12. The molecule has 0 spiro atoms. The number of aromatic carboxylic acids is 1. The molecule has 146 valence electrons. The Hall–Kier alpha value is -3.38. The molecule has 0 saturated carbocycles. The number of H-pyrrole nitrogens is 1. The molecular weight excluding hydrogens is 388 g/mol. The molecule has 1 aromatic carbocycles. The van der Waals surface area contributed by atoms with E-state index in [-0.39, 0.29) is 23.8 Å². The van der Waals surface area contributed by atoms with Crippen molar-refractivity contribution in [3.8, 4) is 5.75 Å². The van der Waals surface area contributed by atoms with Gasteiger partial charge < -0.3 is 31.0 Å². The number of aromatic amines is 1. The Morgan fingerprint density at radius 1 is 1.39 bits per heavy atom. The van der Waals surface area contributed by atoms with Crippen molar-refractivity contribution in [2.24, 2.45) is 0 Å². The van der Waals surface area contributed by atoms with Crippen LogP contribution in [-0.4, -0.2) is 61.0 Å². The summed E-state index contributed by atoms with van der Waals surface area (Å²) in [4.78, 5) is 38.9. The SMILES string of the molecule is COC[C@@H](Sc1nc(N)nc2nc[nH]c12)C(=O)Nc1ccc(O)c(C(=O)O)c1. The average molecular weight is 404 g/mol. The van der Waals surface area contributed by atoms with Crippen molar-refractivity contribution in [2.75, 3.05) is 24.8 Å². The second-order valence-electron chi connectivity index (χ2n) is 5.58. The highest BCUT2D eigenvalue weighted by Gasteiger charge is 2.24. The van der Waals surface area contributed by atoms with Gasteiger partial charge >= 0.3 is 5.97 Å². The molecule has 0 bridgehead atoms. The number of carbonyl (C=O) groups excluding carboxylic acids is 1. The second kappa shape index (κ2) is 8.10. The number of aromatic hydroxyl groups is 1. The molecule has 2 aromatic heterocycles. The van der Waals surface area contributed by atoms with Crippen LogP contribution < -0.4 is 11.1 Å². The fourth-order valence-corrected chi connectivity index (χ4v) is 3.42. The van der Waals surface area contributed by atoms with E-state index in [1.165, 1.54) is 31.6 Å². The molecule has 3 rings (SSSR count). The van der Waals surface area contributed by atoms with Gasteiger partial charge in [0.05, 0.1) is 12.9 Å². The molecule has 1 atom stereocenters. The van der Waals surface area contributed by atoms with E-state index in [1.807, 2.05) is 0 Å². The third-order valence-electron chi connectivity index (χ3n) is 3.63. The Labute approximate surface area is 162 Å². The first-order valence-corrected chi connectivity index (χ1v) is 8.76. The number of fused-ring (bicyclic) bond motifs is 1. The smallest absolute Gasteiger partial charge is 0.339 e. The Morgan fingerprint density at radius 3 is 2.89 bits per heavy atom. The molecule has 11 nitrogen and oxygen atoms in total. The predicted octanol–water partition coefficient (Wildman–Crippen LogP) is 1.08. The number of carboxylic acids is 1. The van der Waals surface area contributed by atoms with Crippen molar-refractivity contribution < 1.29 is 24.5 Å². The van der Waals surface area contributed by atoms with Crippen molar-refractivity contribution >= 4 is 46.4 Å². The minimum atomic E-state index is -1.31. The second-order valence-corrected chi connectivity index (χ2v) is 6.77. The highest BCUT2D eigenvalue weighted by Crippen LogP contribution is 2.29. The molecule has 28 heavy (non-hydrogen) atoms. The van der Waals surface area contributed by atoms with Gasteiger partial charge in [-0.3, -0.25) is 4.79 Å². The number of imidazole rings is 1. The number of carboxylic acid groups (broad SMARTS) is 1. The van der Waals surface area contributed by atoms with E-state index < -0.39 is 22.9 Å². The minimum absolute atomic E-state index is 0.0170. The van der Waals surface area contributed by atoms with Crippen LogP contribution in [0.3, 0.4) is 0 Å². The third-order valence-corrected chi connectivity index (χ3v) is 4.78. The molecule has 0 fully saturated rings. The number of nitrogens with zero attached hydrogens (tertiary/aromatic N) is 3. The van der Waals surface area contributed by atoms with Crippen LogP contribution in [0.5, 0.6) is 5.75 Å². The highest BCUT2D eigenvalue weighted by molar-refractivity contribution is 8.00. The predicted molar refractivity (Wildman–Crippen MR) is 101 cm³/mol. The van der Waals surface area contributed by atoms with E-state index in [1.54, 1.807) is 0 Å². The largest absolute Gasteiger partial charge is 0.507 e. The molecule has 0 aliphatic rings. The molecule has 1 amide bonds. The number of nitrogens with one attached hydrogen (secondary N) is 2. The molecule has 2 heterocycles. The summed E-state index contributed by atoms with van der Waals surface area (Å²) >= 11 is 1.10. The maximum Gasteiger partial charge on any atom is 0.339 e. The van der Waals surface area contributed by atoms with Crippen molar-refractivity contribution in [1.82, 2.24) is 19.9 Å². The van der Waals surface area contributed by atoms with Crippen molar-refractivity contribution in [2.45, 2.75) is 10.3 Å². The standard InChI is InChI=1S/C16H16N6O5S/c1-27-5-10(28-14-11-12(19-6-18-11)21-16(17)22-14)13(24)20-7-2-3-9(23)8(4-7)15(25)26/h2-4,6,10,23H,5H2,1H3,(H,20,24)(H,25,26)(H3,17,18,19,21,22)/t10-/m1/s1. The zero-order valence-electron chi connectivity index (χ0n) is 14.5. The van der Waals surface area contributed by atoms with Gasteiger partial charge in [0.1, 0.15) is 27.1 Å². The lowest BCUT2D eigenvalue weighted by Crippen LogP contribution is -2.29. The molecule has 3 aromatic rings. The first-order valence-electron chi connectivity index (χ1n) is 7.88. The van der Waals surface area contributed by atoms with Crippen LogP contribution in [0.1, 0.15) is 10.4 Å². The van der Waals surface area contributed by atoms with Gasteiger partial charge in [-0.05, 0) is 18.2 Å². The maximum atomic E-state index is 12.7. The van der Waals surface area contributed by atoms with E-state index in [0.717, 1.165) is 11.8 Å². The monoisotopic (exact) mass is 404 g/mol. The first kappa shape index (κ1) is 19.4. The van der Waals surface area contributed by atoms with Gasteiger partial charge in [-0.25, -0.2) is 14.8 Å². The van der Waals surface area contributed by atoms with Crippen LogP contribution in [0.15, 0.2) is 29.6 Å². The lowest BCUT2D eigenvalue weighted by atomic mass is 10.1. The third kappa shape index (κ3) is 4.13. The molecule has 0 unspecified atom stereocenters. The Balaban J connectivity index is 1.83. The van der Waals surface area contributed by atoms with Gasteiger partial charge in [-0.2, -0.15) is 4.98 Å². The number of hydrogen-bond donors (Lipinski definition) is 5. The topological polar surface area (TPSA) is 176 Å². The van der Waals surface area contributed by atoms with Crippen LogP contribution >= 0.6 is 11.8 Å². The number of phenols is 1. The number of nitrogen functional groups attached to an aromatic ring is 1. The van der Waals surface area contributed by atoms with Crippen LogP contribution in [0.2, 0.25) is 0 Å². The summed E-state index contributed by atoms with van der Waals surface area (Å²) in [6.07, 6.45) is 1.44. The number of methoxy groups -OCH3 is 1. The number of rotatable bonds is 7. The van der Waals surface area contributed by atoms with Crippen molar-refractivity contribution in [1.29, 1.82) is 0 Å². The molecular formula is C16H16N6O5S. The van der Waals surface area contributed by atoms with Crippen molar-refractivity contribution in [3.63, 3.8) is 0 Å². The zero-order chi connectivity index (χ0) is 20.3. The maximum absolute atomic E-state index is 12.7. The molecule has 0 aliphatic heterocycles. The summed E-state index contributed by atoms with van der Waals surface area (Å²) in [7, 11) is 1.45. The zero-order valence-corrected chi connectivity index (χ0v) is 15.4. The highest BCUT2D eigenvalue weighted by atomic mass is 32.2. The Bertz CT molecular complexity index is 1040. The number of anilines is 2. The molecule has 0 saturated heterocycles. The van der Waals surface area contributed by atoms with E-state index in [0.29, 0.717) is 16.2 Å². The Kier molecular flexibility index (Phi) is 5.61. The molecule has 0 aliphatic carbocycles. The minimum Gasteiger partial charge on any atom is -0.507 e. The lowest BCUT2D eigenvalue weighted by molar-refractivity contribution is -0.116. The van der Waals surface area contributed by atoms with E-state index in [2.05, 4.69) is 25.3 Å². The molecule has 6 N–H and O–H groups in total. The number of carbonyl (C=O) groups is 2. The number of ether oxygens (including phenoxy) is 1. The van der Waals surface area contributed by atoms with Gasteiger partial charge in [0.2, 0.25) is 11.9 Å². The summed E-state index contributed by atoms with van der Waals surface area (Å²) in [5.74, 6) is -2.14. The Morgan fingerprint density at radius 2 is 2.18 bits per heavy atom. The van der Waals surface area contributed by atoms with Crippen LogP contribution in [-0.2, 0) is 9.53 Å². The number of benzene rings is 1. The lowest BCUT2D eigenvalue weighted by Gasteiger charge is -2.16. The number of amides is 1. The normalized spacial score (nSPS) is 12.0. The van der Waals surface area contributed by atoms with Crippen LogP contribution in [0, 0.1) is 0 Å². The molecule has 0 radical (unpaired) electrons. The average Bonchev–Trinajstić information content (AvgIpc) is 3.11. The van der Waals surface area contributed by atoms with Crippen LogP contribution in [0.4, 0.5) is 11.6 Å². The van der Waals surface area contributed by atoms with Gasteiger partial charge in [-0.1, -0.05) is 11.8 Å². The summed E-state index contributed by atoms with van der Waals surface area (Å²) in [5, 5.41) is 21.0. The molecule has 12 heteroatoms. The van der Waals surface area contributed by atoms with E-state index in [4.69, 9.17) is 15.6 Å². The number of hydrogen-bond acceptors (Lipinski definition) is 9.